The van der Waals surface area contributed by atoms with Crippen LogP contribution in [0.2, 0.25) is 0 Å². The molecule has 0 radical (unpaired) electrons. The van der Waals surface area contributed by atoms with E-state index >= 15 is 0 Å². The van der Waals surface area contributed by atoms with Crippen LogP contribution in [0, 0.1) is 6.92 Å². The summed E-state index contributed by atoms with van der Waals surface area (Å²) in [6.07, 6.45) is 1.93. The molecular weight excluding hydrogens is 466 g/mol. The predicted octanol–water partition coefficient (Wildman–Crippen LogP) is 5.94. The van der Waals surface area contributed by atoms with Crippen molar-refractivity contribution in [2.24, 2.45) is 0 Å². The quantitative estimate of drug-likeness (QED) is 0.268. The summed E-state index contributed by atoms with van der Waals surface area (Å²) in [7, 11) is 1.67. The van der Waals surface area contributed by atoms with E-state index in [1.54, 1.807) is 7.11 Å². The lowest BCUT2D eigenvalue weighted by Gasteiger charge is -2.15. The molecule has 0 bridgehead atoms. The van der Waals surface area contributed by atoms with E-state index in [9.17, 15) is 0 Å². The van der Waals surface area contributed by atoms with Crippen LogP contribution in [0.4, 0.5) is 0 Å². The Hall–Kier alpha value is -2.83. The van der Waals surface area contributed by atoms with E-state index < -0.39 is 0 Å². The summed E-state index contributed by atoms with van der Waals surface area (Å²) in [5.74, 6) is 2.49. The van der Waals surface area contributed by atoms with Gasteiger partial charge in [0.1, 0.15) is 12.4 Å². The van der Waals surface area contributed by atoms with Gasteiger partial charge in [-0.1, -0.05) is 36.4 Å². The largest absolute Gasteiger partial charge is 0.493 e. The number of hydrogen-bond donors (Lipinski definition) is 2. The van der Waals surface area contributed by atoms with Gasteiger partial charge in [0.25, 0.3) is 0 Å². The van der Waals surface area contributed by atoms with Crippen LogP contribution in [0.15, 0.2) is 65.1 Å². The number of aryl methyl sites for hydroxylation is 2. The van der Waals surface area contributed by atoms with Gasteiger partial charge in [0.2, 0.25) is 0 Å². The highest BCUT2D eigenvalue weighted by Crippen LogP contribution is 2.37. The summed E-state index contributed by atoms with van der Waals surface area (Å²) in [6.45, 7) is 4.25. The molecule has 4 aromatic rings. The first-order chi connectivity index (χ1) is 15.6. The van der Waals surface area contributed by atoms with Crippen LogP contribution in [0.3, 0.4) is 0 Å². The molecule has 0 atom stereocenters. The first kappa shape index (κ1) is 22.4. The van der Waals surface area contributed by atoms with Crippen molar-refractivity contribution in [1.82, 2.24) is 15.3 Å². The fourth-order valence-corrected chi connectivity index (χ4v) is 4.28. The van der Waals surface area contributed by atoms with E-state index in [-0.39, 0.29) is 0 Å². The smallest absolute Gasteiger partial charge is 0.175 e. The Morgan fingerprint density at radius 3 is 2.69 bits per heavy atom. The zero-order chi connectivity index (χ0) is 22.3. The lowest BCUT2D eigenvalue weighted by Crippen LogP contribution is -2.15. The van der Waals surface area contributed by atoms with Gasteiger partial charge in [0.05, 0.1) is 22.6 Å². The number of para-hydroxylation sites is 2. The highest BCUT2D eigenvalue weighted by Gasteiger charge is 2.12. The highest BCUT2D eigenvalue weighted by molar-refractivity contribution is 9.10. The van der Waals surface area contributed by atoms with Crippen LogP contribution < -0.4 is 14.8 Å². The fourth-order valence-electron chi connectivity index (χ4n) is 3.67. The van der Waals surface area contributed by atoms with E-state index in [2.05, 4.69) is 62.4 Å². The van der Waals surface area contributed by atoms with Crippen LogP contribution in [-0.4, -0.2) is 23.6 Å². The lowest BCUT2D eigenvalue weighted by atomic mass is 10.1. The number of halogens is 1. The minimum Gasteiger partial charge on any atom is -0.493 e. The zero-order valence-corrected chi connectivity index (χ0v) is 20.0. The number of rotatable bonds is 10. The lowest BCUT2D eigenvalue weighted by molar-refractivity contribution is 0.281. The average Bonchev–Trinajstić information content (AvgIpc) is 3.21. The number of aromatic amines is 1. The van der Waals surface area contributed by atoms with Crippen LogP contribution in [0.5, 0.6) is 11.5 Å². The van der Waals surface area contributed by atoms with E-state index in [0.29, 0.717) is 6.61 Å². The van der Waals surface area contributed by atoms with E-state index in [0.717, 1.165) is 69.9 Å². The number of nitrogens with one attached hydrogen (secondary N) is 2. The molecule has 1 aromatic heterocycles. The van der Waals surface area contributed by atoms with Gasteiger partial charge in [0, 0.05) is 13.0 Å². The number of imidazole rings is 1. The molecule has 0 fully saturated rings. The second-order valence-corrected chi connectivity index (χ2v) is 8.66. The molecular formula is C26H28BrN3O2. The molecule has 0 aliphatic carbocycles. The Morgan fingerprint density at radius 2 is 1.88 bits per heavy atom. The van der Waals surface area contributed by atoms with Gasteiger partial charge in [-0.25, -0.2) is 4.98 Å². The number of benzene rings is 3. The Bertz CT molecular complexity index is 1160. The normalized spacial score (nSPS) is 11.1. The van der Waals surface area contributed by atoms with Crippen molar-refractivity contribution < 1.29 is 9.47 Å². The molecule has 5 nitrogen and oxygen atoms in total. The second-order valence-electron chi connectivity index (χ2n) is 7.81. The number of hydrogen-bond acceptors (Lipinski definition) is 4. The molecule has 0 unspecified atom stereocenters. The molecule has 4 rings (SSSR count). The molecule has 1 heterocycles. The minimum absolute atomic E-state index is 0.501. The Labute approximate surface area is 197 Å². The summed E-state index contributed by atoms with van der Waals surface area (Å²) in [5.41, 5.74) is 5.64. The first-order valence-corrected chi connectivity index (χ1v) is 11.6. The Balaban J connectivity index is 1.29. The number of ether oxygens (including phenoxy) is 2. The number of H-pyrrole nitrogens is 1. The summed E-state index contributed by atoms with van der Waals surface area (Å²) in [5, 5.41) is 3.51. The number of nitrogens with zero attached hydrogens (tertiary/aromatic N) is 1. The summed E-state index contributed by atoms with van der Waals surface area (Å²) >= 11 is 3.66. The van der Waals surface area contributed by atoms with Gasteiger partial charge >= 0.3 is 0 Å². The van der Waals surface area contributed by atoms with Crippen molar-refractivity contribution >= 4 is 27.0 Å². The third-order valence-corrected chi connectivity index (χ3v) is 6.05. The zero-order valence-electron chi connectivity index (χ0n) is 18.5. The third-order valence-electron chi connectivity index (χ3n) is 5.46. The molecule has 6 heteroatoms. The van der Waals surface area contributed by atoms with Gasteiger partial charge in [-0.3, -0.25) is 0 Å². The van der Waals surface area contributed by atoms with Crippen LogP contribution in [-0.2, 0) is 19.6 Å². The maximum atomic E-state index is 6.09. The maximum absolute atomic E-state index is 6.09. The second kappa shape index (κ2) is 10.7. The molecule has 0 aliphatic rings. The number of aromatic nitrogens is 2. The summed E-state index contributed by atoms with van der Waals surface area (Å²) in [4.78, 5) is 8.02. The van der Waals surface area contributed by atoms with Crippen molar-refractivity contribution in [2.75, 3.05) is 13.7 Å². The van der Waals surface area contributed by atoms with Crippen molar-refractivity contribution in [1.29, 1.82) is 0 Å². The van der Waals surface area contributed by atoms with Gasteiger partial charge in [-0.15, -0.1) is 0 Å². The fraction of sp³-hybridized carbons (Fsp3) is 0.269. The highest BCUT2D eigenvalue weighted by atomic mass is 79.9. The minimum atomic E-state index is 0.501. The molecule has 166 valence electrons. The summed E-state index contributed by atoms with van der Waals surface area (Å²) in [6, 6.07) is 20.5. The monoisotopic (exact) mass is 493 g/mol. The number of methoxy groups -OCH3 is 1. The average molecular weight is 494 g/mol. The van der Waals surface area contributed by atoms with Crippen molar-refractivity contribution in [3.8, 4) is 11.5 Å². The first-order valence-electron chi connectivity index (χ1n) is 10.8. The molecule has 0 saturated heterocycles. The van der Waals surface area contributed by atoms with E-state index in [1.807, 2.05) is 36.4 Å². The molecule has 3 aromatic carbocycles. The van der Waals surface area contributed by atoms with Gasteiger partial charge in [-0.05, 0) is 76.8 Å². The maximum Gasteiger partial charge on any atom is 0.175 e. The van der Waals surface area contributed by atoms with Crippen LogP contribution in [0.25, 0.3) is 11.0 Å². The summed E-state index contributed by atoms with van der Waals surface area (Å²) < 4.78 is 12.6. The van der Waals surface area contributed by atoms with Gasteiger partial charge in [0.15, 0.2) is 11.5 Å². The van der Waals surface area contributed by atoms with Crippen molar-refractivity contribution in [3.05, 3.63) is 87.7 Å². The molecule has 2 N–H and O–H groups in total. The molecule has 0 saturated carbocycles. The van der Waals surface area contributed by atoms with E-state index in [1.165, 1.54) is 5.56 Å². The van der Waals surface area contributed by atoms with Crippen molar-refractivity contribution in [2.45, 2.75) is 32.9 Å². The van der Waals surface area contributed by atoms with Gasteiger partial charge < -0.3 is 19.8 Å². The predicted molar refractivity (Wildman–Crippen MR) is 132 cm³/mol. The Morgan fingerprint density at radius 1 is 1.06 bits per heavy atom. The third kappa shape index (κ3) is 5.50. The van der Waals surface area contributed by atoms with Crippen LogP contribution >= 0.6 is 15.9 Å². The Kier molecular flexibility index (Phi) is 7.45. The van der Waals surface area contributed by atoms with E-state index in [4.69, 9.17) is 9.47 Å². The van der Waals surface area contributed by atoms with Crippen molar-refractivity contribution in [3.63, 3.8) is 0 Å². The van der Waals surface area contributed by atoms with Gasteiger partial charge in [-0.2, -0.15) is 0 Å². The molecule has 32 heavy (non-hydrogen) atoms. The molecule has 0 aliphatic heterocycles. The molecule has 0 amide bonds. The van der Waals surface area contributed by atoms with Crippen LogP contribution in [0.1, 0.15) is 28.9 Å². The topological polar surface area (TPSA) is 59.2 Å². The molecule has 0 spiro atoms. The standard InChI is InChI=1S/C26H28BrN3O2/c1-18-8-3-4-9-20(18)17-32-26-21(27)14-19(15-24(26)31-2)16-28-13-7-12-25-29-22-10-5-6-11-23(22)30-25/h3-6,8-11,14-15,28H,7,12-13,16-17H2,1-2H3,(H,29,30). The SMILES string of the molecule is COc1cc(CNCCCc2nc3ccccc3[nH]2)cc(Br)c1OCc1ccccc1C. The number of fused-ring (bicyclic) bond motifs is 1.